The fraction of sp³-hybridized carbons (Fsp3) is 0.579. The molecule has 1 N–H and O–H groups in total. The number of esters is 1. The first kappa shape index (κ1) is 25.3. The van der Waals surface area contributed by atoms with Crippen LogP contribution >= 0.6 is 24.0 Å². The molecule has 29 heavy (non-hydrogen) atoms. The second-order valence-corrected chi connectivity index (χ2v) is 6.28. The minimum absolute atomic E-state index is 0. The van der Waals surface area contributed by atoms with Gasteiger partial charge in [0.2, 0.25) is 0 Å². The number of guanidine groups is 1. The van der Waals surface area contributed by atoms with E-state index in [0.717, 1.165) is 0 Å². The maximum atomic E-state index is 14.1. The zero-order chi connectivity index (χ0) is 20.5. The summed E-state index contributed by atoms with van der Waals surface area (Å²) in [5.41, 5.74) is -0.0281. The van der Waals surface area contributed by atoms with Gasteiger partial charge in [-0.2, -0.15) is 8.78 Å². The lowest BCUT2D eigenvalue weighted by Gasteiger charge is -2.33. The minimum atomic E-state index is -3.04. The molecular formula is C19H27F3IN3O3. The third kappa shape index (κ3) is 7.56. The number of hydrogen-bond acceptors (Lipinski definition) is 4. The molecule has 1 aromatic rings. The molecule has 10 heteroatoms. The fourth-order valence-corrected chi connectivity index (χ4v) is 3.07. The van der Waals surface area contributed by atoms with Crippen LogP contribution in [0.15, 0.2) is 23.2 Å². The molecule has 0 unspecified atom stereocenters. The van der Waals surface area contributed by atoms with Gasteiger partial charge in [-0.3, -0.25) is 4.79 Å². The first-order chi connectivity index (χ1) is 13.5. The van der Waals surface area contributed by atoms with Gasteiger partial charge < -0.3 is 19.7 Å². The van der Waals surface area contributed by atoms with E-state index in [2.05, 4.69) is 15.0 Å². The lowest BCUT2D eigenvalue weighted by Crippen LogP contribution is -2.46. The molecule has 1 aromatic carbocycles. The molecule has 0 aromatic heterocycles. The molecule has 164 valence electrons. The Kier molecular flexibility index (Phi) is 11.1. The summed E-state index contributed by atoms with van der Waals surface area (Å²) < 4.78 is 48.7. The molecule has 1 fully saturated rings. The molecule has 0 bridgehead atoms. The zero-order valence-corrected chi connectivity index (χ0v) is 18.8. The van der Waals surface area contributed by atoms with Crippen LogP contribution in [0.25, 0.3) is 0 Å². The van der Waals surface area contributed by atoms with Gasteiger partial charge in [-0.15, -0.1) is 24.0 Å². The number of nitrogens with one attached hydrogen (secondary N) is 1. The highest BCUT2D eigenvalue weighted by Gasteiger charge is 2.27. The summed E-state index contributed by atoms with van der Waals surface area (Å²) in [4.78, 5) is 18.2. The summed E-state index contributed by atoms with van der Waals surface area (Å²) in [7, 11) is 0. The number of halogens is 4. The van der Waals surface area contributed by atoms with E-state index in [0.29, 0.717) is 45.0 Å². The Morgan fingerprint density at radius 1 is 1.31 bits per heavy atom. The number of piperidine rings is 1. The number of likely N-dealkylation sites (tertiary alicyclic amines) is 1. The number of hydrogen-bond donors (Lipinski definition) is 1. The van der Waals surface area contributed by atoms with Crippen LogP contribution in [0.1, 0.15) is 32.3 Å². The highest BCUT2D eigenvalue weighted by molar-refractivity contribution is 14.0. The largest absolute Gasteiger partial charge is 0.466 e. The smallest absolute Gasteiger partial charge is 0.387 e. The fourth-order valence-electron chi connectivity index (χ4n) is 3.07. The molecule has 0 amide bonds. The SMILES string of the molecule is CCNC(=NCc1c(F)cccc1OC(F)F)N1CCC(C(=O)OCC)CC1.I. The van der Waals surface area contributed by atoms with Crippen LogP contribution in [-0.2, 0) is 16.1 Å². The second kappa shape index (κ2) is 12.8. The Morgan fingerprint density at radius 2 is 2.00 bits per heavy atom. The third-order valence-electron chi connectivity index (χ3n) is 4.43. The van der Waals surface area contributed by atoms with Crippen molar-refractivity contribution in [2.45, 2.75) is 39.8 Å². The summed E-state index contributed by atoms with van der Waals surface area (Å²) in [6.07, 6.45) is 1.26. The van der Waals surface area contributed by atoms with Crippen LogP contribution in [0.2, 0.25) is 0 Å². The molecule has 1 aliphatic heterocycles. The molecule has 2 rings (SSSR count). The zero-order valence-electron chi connectivity index (χ0n) is 16.5. The molecule has 0 aliphatic carbocycles. The van der Waals surface area contributed by atoms with Gasteiger partial charge in [-0.25, -0.2) is 9.38 Å². The van der Waals surface area contributed by atoms with Crippen LogP contribution in [0.3, 0.4) is 0 Å². The predicted octanol–water partition coefficient (Wildman–Crippen LogP) is 3.79. The number of alkyl halides is 2. The molecule has 1 saturated heterocycles. The number of carbonyl (C=O) groups excluding carboxylic acids is 1. The summed E-state index contributed by atoms with van der Waals surface area (Å²) in [5.74, 6) is -0.675. The van der Waals surface area contributed by atoms with E-state index in [1.54, 1.807) is 6.92 Å². The summed E-state index contributed by atoms with van der Waals surface area (Å²) in [6.45, 7) is 2.62. The molecule has 0 radical (unpaired) electrons. The van der Waals surface area contributed by atoms with Crippen molar-refractivity contribution in [3.63, 3.8) is 0 Å². The standard InChI is InChI=1S/C19H26F3N3O3.HI/c1-3-23-19(25-10-8-13(9-11-25)17(26)27-4-2)24-12-14-15(20)6-5-7-16(14)28-18(21)22;/h5-7,13,18H,3-4,8-12H2,1-2H3,(H,23,24);1H. The average Bonchev–Trinajstić information content (AvgIpc) is 2.66. The molecular weight excluding hydrogens is 502 g/mol. The Morgan fingerprint density at radius 3 is 2.59 bits per heavy atom. The van der Waals surface area contributed by atoms with E-state index in [9.17, 15) is 18.0 Å². The van der Waals surface area contributed by atoms with Crippen LogP contribution < -0.4 is 10.1 Å². The number of rotatable bonds is 7. The molecule has 0 atom stereocenters. The van der Waals surface area contributed by atoms with E-state index in [-0.39, 0.29) is 53.7 Å². The third-order valence-corrected chi connectivity index (χ3v) is 4.43. The van der Waals surface area contributed by atoms with Crippen molar-refractivity contribution in [1.82, 2.24) is 10.2 Å². The second-order valence-electron chi connectivity index (χ2n) is 6.28. The van der Waals surface area contributed by atoms with E-state index >= 15 is 0 Å². The van der Waals surface area contributed by atoms with Gasteiger partial charge in [-0.1, -0.05) is 6.07 Å². The van der Waals surface area contributed by atoms with Crippen LogP contribution in [-0.4, -0.2) is 49.7 Å². The topological polar surface area (TPSA) is 63.2 Å². The quantitative estimate of drug-likeness (QED) is 0.252. The lowest BCUT2D eigenvalue weighted by molar-refractivity contribution is -0.149. The van der Waals surface area contributed by atoms with Crippen molar-refractivity contribution >= 4 is 35.9 Å². The van der Waals surface area contributed by atoms with Crippen molar-refractivity contribution in [3.8, 4) is 5.75 Å². The summed E-state index contributed by atoms with van der Waals surface area (Å²) in [5, 5.41) is 3.12. The van der Waals surface area contributed by atoms with E-state index in [1.807, 2.05) is 11.8 Å². The van der Waals surface area contributed by atoms with Crippen molar-refractivity contribution in [3.05, 3.63) is 29.6 Å². The highest BCUT2D eigenvalue weighted by atomic mass is 127. The summed E-state index contributed by atoms with van der Waals surface area (Å²) >= 11 is 0. The Balaban J connectivity index is 0.00000420. The number of nitrogens with zero attached hydrogens (tertiary/aromatic N) is 2. The predicted molar refractivity (Wildman–Crippen MR) is 114 cm³/mol. The molecule has 1 aliphatic rings. The maximum Gasteiger partial charge on any atom is 0.387 e. The van der Waals surface area contributed by atoms with E-state index < -0.39 is 12.4 Å². The van der Waals surface area contributed by atoms with E-state index in [4.69, 9.17) is 4.74 Å². The average molecular weight is 529 g/mol. The van der Waals surface area contributed by atoms with Crippen molar-refractivity contribution < 1.29 is 27.4 Å². The number of aliphatic imine (C=N–C) groups is 1. The first-order valence-corrected chi connectivity index (χ1v) is 9.38. The van der Waals surface area contributed by atoms with Crippen molar-refractivity contribution in [2.75, 3.05) is 26.2 Å². The van der Waals surface area contributed by atoms with Crippen LogP contribution in [0, 0.1) is 11.7 Å². The van der Waals surface area contributed by atoms with Gasteiger partial charge in [0.15, 0.2) is 5.96 Å². The van der Waals surface area contributed by atoms with Gasteiger partial charge in [-0.05, 0) is 38.8 Å². The van der Waals surface area contributed by atoms with Crippen LogP contribution in [0.4, 0.5) is 13.2 Å². The molecule has 6 nitrogen and oxygen atoms in total. The van der Waals surface area contributed by atoms with Crippen molar-refractivity contribution in [1.29, 1.82) is 0 Å². The minimum Gasteiger partial charge on any atom is -0.466 e. The number of benzene rings is 1. The van der Waals surface area contributed by atoms with E-state index in [1.165, 1.54) is 18.2 Å². The lowest BCUT2D eigenvalue weighted by atomic mass is 9.97. The van der Waals surface area contributed by atoms with Crippen molar-refractivity contribution in [2.24, 2.45) is 10.9 Å². The van der Waals surface area contributed by atoms with Gasteiger partial charge in [0.1, 0.15) is 11.6 Å². The Labute approximate surface area is 185 Å². The molecule has 1 heterocycles. The number of carbonyl (C=O) groups is 1. The first-order valence-electron chi connectivity index (χ1n) is 9.38. The Bertz CT molecular complexity index is 684. The van der Waals surface area contributed by atoms with Gasteiger partial charge in [0.25, 0.3) is 0 Å². The van der Waals surface area contributed by atoms with Gasteiger partial charge in [0.05, 0.1) is 24.6 Å². The molecule has 0 saturated carbocycles. The van der Waals surface area contributed by atoms with Gasteiger partial charge >= 0.3 is 12.6 Å². The normalized spacial score (nSPS) is 15.1. The monoisotopic (exact) mass is 529 g/mol. The van der Waals surface area contributed by atoms with Crippen LogP contribution in [0.5, 0.6) is 5.75 Å². The maximum absolute atomic E-state index is 14.1. The molecule has 0 spiro atoms. The summed E-state index contributed by atoms with van der Waals surface area (Å²) in [6, 6.07) is 3.78. The Hall–Kier alpha value is -1.72. The number of ether oxygens (including phenoxy) is 2. The highest BCUT2D eigenvalue weighted by Crippen LogP contribution is 2.25. The van der Waals surface area contributed by atoms with Gasteiger partial charge in [0, 0.05) is 19.6 Å².